The monoisotopic (exact) mass is 451 g/mol. The van der Waals surface area contributed by atoms with Gasteiger partial charge in [0.25, 0.3) is 5.91 Å². The van der Waals surface area contributed by atoms with Gasteiger partial charge in [0.15, 0.2) is 0 Å². The summed E-state index contributed by atoms with van der Waals surface area (Å²) in [5, 5.41) is 3.60. The standard InChI is InChI=1S/C26H30ClN3O2/c1-16(2)30-11-10-17-12-18(6-7-19(17)15-30)25(31)29-23-14-24(26(23,3)4)32-20-8-9-22(28-5)21(27)13-20/h6-9,12-13,16,23-24H,10-11,14-15H2,1-4H3,(H,29,31)/t23-,24-/m0/s1. The maximum Gasteiger partial charge on any atom is 0.251 e. The zero-order chi connectivity index (χ0) is 23.0. The number of fused-ring (bicyclic) bond motifs is 1. The maximum absolute atomic E-state index is 13.0. The molecule has 1 saturated carbocycles. The van der Waals surface area contributed by atoms with E-state index in [1.165, 1.54) is 11.1 Å². The van der Waals surface area contributed by atoms with E-state index in [0.717, 1.165) is 31.5 Å². The lowest BCUT2D eigenvalue weighted by Crippen LogP contribution is -2.63. The van der Waals surface area contributed by atoms with Gasteiger partial charge in [-0.25, -0.2) is 4.85 Å². The second-order valence-electron chi connectivity index (χ2n) is 9.71. The van der Waals surface area contributed by atoms with Crippen LogP contribution in [-0.4, -0.2) is 35.5 Å². The SMILES string of the molecule is [C-]#[N+]c1ccc(O[C@H]2C[C@H](NC(=O)c3ccc4c(c3)CCN(C(C)C)C4)C2(C)C)cc1Cl. The minimum absolute atomic E-state index is 0.0277. The molecular formula is C26H30ClN3O2. The third kappa shape index (κ3) is 4.35. The van der Waals surface area contributed by atoms with E-state index in [0.29, 0.717) is 22.5 Å². The summed E-state index contributed by atoms with van der Waals surface area (Å²) in [5.41, 5.74) is 3.53. The molecule has 6 heteroatoms. The largest absolute Gasteiger partial charge is 0.490 e. The topological polar surface area (TPSA) is 45.9 Å². The highest BCUT2D eigenvalue weighted by atomic mass is 35.5. The van der Waals surface area contributed by atoms with Crippen LogP contribution in [0.2, 0.25) is 5.02 Å². The fourth-order valence-electron chi connectivity index (χ4n) is 4.54. The second-order valence-corrected chi connectivity index (χ2v) is 10.1. The number of hydrogen-bond acceptors (Lipinski definition) is 3. The van der Waals surface area contributed by atoms with E-state index < -0.39 is 0 Å². The quantitative estimate of drug-likeness (QED) is 0.599. The van der Waals surface area contributed by atoms with Gasteiger partial charge in [0.05, 0.1) is 11.6 Å². The van der Waals surface area contributed by atoms with Gasteiger partial charge in [-0.15, -0.1) is 0 Å². The van der Waals surface area contributed by atoms with E-state index in [9.17, 15) is 4.79 Å². The van der Waals surface area contributed by atoms with Gasteiger partial charge in [-0.05, 0) is 55.7 Å². The van der Waals surface area contributed by atoms with Crippen LogP contribution in [0.1, 0.15) is 55.6 Å². The van der Waals surface area contributed by atoms with Gasteiger partial charge in [0.2, 0.25) is 5.69 Å². The number of benzene rings is 2. The fraction of sp³-hybridized carbons (Fsp3) is 0.462. The van der Waals surface area contributed by atoms with Gasteiger partial charge < -0.3 is 10.1 Å². The molecule has 1 fully saturated rings. The molecule has 0 saturated heterocycles. The number of carbonyl (C=O) groups excluding carboxylic acids is 1. The molecule has 1 aliphatic carbocycles. The normalized spacial score (nSPS) is 21.9. The van der Waals surface area contributed by atoms with Crippen molar-refractivity contribution in [1.82, 2.24) is 10.2 Å². The number of carbonyl (C=O) groups is 1. The van der Waals surface area contributed by atoms with Crippen LogP contribution in [0.25, 0.3) is 4.85 Å². The Balaban J connectivity index is 1.38. The van der Waals surface area contributed by atoms with E-state index in [2.05, 4.69) is 54.9 Å². The lowest BCUT2D eigenvalue weighted by atomic mass is 9.64. The second kappa shape index (κ2) is 8.77. The number of amides is 1. The first-order valence-electron chi connectivity index (χ1n) is 11.2. The van der Waals surface area contributed by atoms with E-state index >= 15 is 0 Å². The molecule has 1 amide bonds. The van der Waals surface area contributed by atoms with Crippen LogP contribution in [0.5, 0.6) is 5.75 Å². The summed E-state index contributed by atoms with van der Waals surface area (Å²) in [6.07, 6.45) is 1.68. The summed E-state index contributed by atoms with van der Waals surface area (Å²) in [7, 11) is 0. The Morgan fingerprint density at radius 2 is 2.03 bits per heavy atom. The van der Waals surface area contributed by atoms with Crippen LogP contribution in [0.3, 0.4) is 0 Å². The van der Waals surface area contributed by atoms with Gasteiger partial charge >= 0.3 is 0 Å². The van der Waals surface area contributed by atoms with Crippen molar-refractivity contribution in [3.05, 3.63) is 69.5 Å². The molecule has 1 aliphatic heterocycles. The van der Waals surface area contributed by atoms with Crippen LogP contribution in [0.4, 0.5) is 5.69 Å². The number of hydrogen-bond donors (Lipinski definition) is 1. The van der Waals surface area contributed by atoms with Crippen LogP contribution < -0.4 is 10.1 Å². The van der Waals surface area contributed by atoms with Crippen molar-refractivity contribution in [2.24, 2.45) is 5.41 Å². The molecule has 2 aromatic rings. The molecule has 1 heterocycles. The lowest BCUT2D eigenvalue weighted by Gasteiger charge is -2.51. The van der Waals surface area contributed by atoms with E-state index in [-0.39, 0.29) is 23.5 Å². The number of rotatable bonds is 5. The van der Waals surface area contributed by atoms with Gasteiger partial charge in [0, 0.05) is 42.6 Å². The van der Waals surface area contributed by atoms with Crippen molar-refractivity contribution < 1.29 is 9.53 Å². The van der Waals surface area contributed by atoms with Gasteiger partial charge in [0.1, 0.15) is 11.9 Å². The molecule has 1 N–H and O–H groups in total. The molecule has 2 aliphatic rings. The van der Waals surface area contributed by atoms with E-state index in [1.807, 2.05) is 6.07 Å². The molecule has 2 atom stereocenters. The summed E-state index contributed by atoms with van der Waals surface area (Å²) < 4.78 is 6.12. The Labute approximate surface area is 195 Å². The number of nitrogens with one attached hydrogen (secondary N) is 1. The average Bonchev–Trinajstić information content (AvgIpc) is 2.77. The predicted molar refractivity (Wildman–Crippen MR) is 127 cm³/mol. The highest BCUT2D eigenvalue weighted by Crippen LogP contribution is 2.44. The Hall–Kier alpha value is -2.55. The minimum atomic E-state index is -0.216. The Morgan fingerprint density at radius 3 is 2.69 bits per heavy atom. The first-order chi connectivity index (χ1) is 15.2. The smallest absolute Gasteiger partial charge is 0.251 e. The van der Waals surface area contributed by atoms with Crippen LogP contribution in [0, 0.1) is 12.0 Å². The number of halogens is 1. The Kier molecular flexibility index (Phi) is 6.20. The minimum Gasteiger partial charge on any atom is -0.490 e. The van der Waals surface area contributed by atoms with Crippen molar-refractivity contribution in [2.45, 2.75) is 65.3 Å². The molecule has 0 bridgehead atoms. The van der Waals surface area contributed by atoms with Crippen molar-refractivity contribution in [2.75, 3.05) is 6.54 Å². The zero-order valence-electron chi connectivity index (χ0n) is 19.1. The summed E-state index contributed by atoms with van der Waals surface area (Å²) in [4.78, 5) is 18.8. The summed E-state index contributed by atoms with van der Waals surface area (Å²) in [5.74, 6) is 0.621. The fourth-order valence-corrected chi connectivity index (χ4v) is 4.76. The van der Waals surface area contributed by atoms with Gasteiger partial charge in [-0.3, -0.25) is 9.69 Å². The molecular weight excluding hydrogens is 422 g/mol. The van der Waals surface area contributed by atoms with Crippen molar-refractivity contribution in [3.63, 3.8) is 0 Å². The van der Waals surface area contributed by atoms with E-state index in [4.69, 9.17) is 22.9 Å². The molecule has 168 valence electrons. The van der Waals surface area contributed by atoms with Gasteiger partial charge in [-0.1, -0.05) is 37.6 Å². The molecule has 5 nitrogen and oxygen atoms in total. The molecule has 0 radical (unpaired) electrons. The molecule has 0 aromatic heterocycles. The van der Waals surface area contributed by atoms with Crippen LogP contribution >= 0.6 is 11.6 Å². The van der Waals surface area contributed by atoms with Gasteiger partial charge in [-0.2, -0.15) is 0 Å². The molecule has 32 heavy (non-hydrogen) atoms. The zero-order valence-corrected chi connectivity index (χ0v) is 19.9. The molecule has 0 spiro atoms. The summed E-state index contributed by atoms with van der Waals surface area (Å²) >= 11 is 6.13. The lowest BCUT2D eigenvalue weighted by molar-refractivity contribution is -0.0515. The van der Waals surface area contributed by atoms with Crippen molar-refractivity contribution in [3.8, 4) is 5.75 Å². The maximum atomic E-state index is 13.0. The number of ether oxygens (including phenoxy) is 1. The number of nitrogens with zero attached hydrogens (tertiary/aromatic N) is 2. The van der Waals surface area contributed by atoms with Crippen LogP contribution in [-0.2, 0) is 13.0 Å². The summed E-state index contributed by atoms with van der Waals surface area (Å²) in [6.45, 7) is 17.7. The first kappa shape index (κ1) is 22.6. The third-order valence-corrected chi connectivity index (χ3v) is 7.34. The first-order valence-corrected chi connectivity index (χ1v) is 11.6. The Bertz CT molecular complexity index is 1070. The predicted octanol–water partition coefficient (Wildman–Crippen LogP) is 5.63. The highest BCUT2D eigenvalue weighted by molar-refractivity contribution is 6.33. The van der Waals surface area contributed by atoms with Crippen LogP contribution in [0.15, 0.2) is 36.4 Å². The average molecular weight is 452 g/mol. The van der Waals surface area contributed by atoms with Crippen molar-refractivity contribution in [1.29, 1.82) is 0 Å². The molecule has 4 rings (SSSR count). The summed E-state index contributed by atoms with van der Waals surface area (Å²) in [6, 6.07) is 11.8. The molecule has 0 unspecified atom stereocenters. The van der Waals surface area contributed by atoms with Crippen molar-refractivity contribution >= 4 is 23.2 Å². The Morgan fingerprint density at radius 1 is 1.25 bits per heavy atom. The highest BCUT2D eigenvalue weighted by Gasteiger charge is 2.50. The van der Waals surface area contributed by atoms with E-state index in [1.54, 1.807) is 18.2 Å². The third-order valence-electron chi connectivity index (χ3n) is 7.04. The molecule has 2 aromatic carbocycles.